The van der Waals surface area contributed by atoms with Crippen molar-refractivity contribution in [3.8, 4) is 11.3 Å². The summed E-state index contributed by atoms with van der Waals surface area (Å²) >= 11 is 0. The van der Waals surface area contributed by atoms with Gasteiger partial charge in [0, 0.05) is 12.1 Å². The van der Waals surface area contributed by atoms with Gasteiger partial charge in [-0.2, -0.15) is 5.10 Å². The van der Waals surface area contributed by atoms with Gasteiger partial charge in [0.1, 0.15) is 11.3 Å². The first-order chi connectivity index (χ1) is 8.27. The Hall–Kier alpha value is -2.10. The fraction of sp³-hybridized carbons (Fsp3) is 0.231. The zero-order chi connectivity index (χ0) is 11.8. The summed E-state index contributed by atoms with van der Waals surface area (Å²) in [5.74, 6) is -0.882. The molecular weight excluding hydrogens is 216 g/mol. The van der Waals surface area contributed by atoms with Crippen LogP contribution in [0, 0.1) is 0 Å². The maximum absolute atomic E-state index is 11.4. The van der Waals surface area contributed by atoms with Crippen LogP contribution in [0.25, 0.3) is 11.3 Å². The number of nitrogens with zero attached hydrogens (tertiary/aromatic N) is 2. The van der Waals surface area contributed by atoms with E-state index in [-0.39, 0.29) is 0 Å². The molecule has 1 aromatic heterocycles. The third-order valence-corrected chi connectivity index (χ3v) is 3.10. The average molecular weight is 228 g/mol. The standard InChI is InChI=1S/C13H12N2O2/c16-13(17)11-10-7-4-8-15(10)14-12(11)9-5-2-1-3-6-9/h1-3,5-6H,4,7-8H2,(H,16,17). The second kappa shape index (κ2) is 3.73. The number of aryl methyl sites for hydroxylation is 1. The van der Waals surface area contributed by atoms with Gasteiger partial charge in [0.05, 0.1) is 5.69 Å². The van der Waals surface area contributed by atoms with Crippen LogP contribution in [0.3, 0.4) is 0 Å². The van der Waals surface area contributed by atoms with Gasteiger partial charge < -0.3 is 5.11 Å². The molecule has 0 unspecified atom stereocenters. The Bertz CT molecular complexity index is 573. The predicted octanol–water partition coefficient (Wildman–Crippen LogP) is 2.19. The van der Waals surface area contributed by atoms with E-state index in [0.29, 0.717) is 11.3 Å². The molecule has 3 rings (SSSR count). The summed E-state index contributed by atoms with van der Waals surface area (Å²) in [4.78, 5) is 11.4. The Morgan fingerprint density at radius 1 is 1.29 bits per heavy atom. The van der Waals surface area contributed by atoms with Crippen molar-refractivity contribution in [2.75, 3.05) is 0 Å². The molecule has 4 heteroatoms. The zero-order valence-electron chi connectivity index (χ0n) is 9.26. The fourth-order valence-electron chi connectivity index (χ4n) is 2.35. The van der Waals surface area contributed by atoms with Crippen molar-refractivity contribution in [3.63, 3.8) is 0 Å². The second-order valence-corrected chi connectivity index (χ2v) is 4.17. The van der Waals surface area contributed by atoms with E-state index in [0.717, 1.165) is 30.6 Å². The number of carboxylic acid groups (broad SMARTS) is 1. The first kappa shape index (κ1) is 10.1. The van der Waals surface area contributed by atoms with E-state index in [1.807, 2.05) is 35.0 Å². The summed E-state index contributed by atoms with van der Waals surface area (Å²) in [7, 11) is 0. The van der Waals surface area contributed by atoms with Crippen molar-refractivity contribution in [2.45, 2.75) is 19.4 Å². The summed E-state index contributed by atoms with van der Waals surface area (Å²) in [6.45, 7) is 0.822. The molecule has 0 bridgehead atoms. The maximum atomic E-state index is 11.4. The predicted molar refractivity (Wildman–Crippen MR) is 62.9 cm³/mol. The molecule has 0 saturated carbocycles. The highest BCUT2D eigenvalue weighted by Gasteiger charge is 2.26. The summed E-state index contributed by atoms with van der Waals surface area (Å²) in [5.41, 5.74) is 2.68. The SMILES string of the molecule is O=C(O)c1c(-c2ccccc2)nn2c1CCC2. The average Bonchev–Trinajstić information content (AvgIpc) is 2.88. The molecule has 0 radical (unpaired) electrons. The Labute approximate surface area is 98.5 Å². The maximum Gasteiger partial charge on any atom is 0.339 e. The molecule has 4 nitrogen and oxygen atoms in total. The van der Waals surface area contributed by atoms with Crippen LogP contribution in [0.15, 0.2) is 30.3 Å². The van der Waals surface area contributed by atoms with Crippen LogP contribution >= 0.6 is 0 Å². The lowest BCUT2D eigenvalue weighted by Crippen LogP contribution is -2.01. The molecule has 2 heterocycles. The number of aromatic carboxylic acids is 1. The first-order valence-electron chi connectivity index (χ1n) is 5.66. The number of hydrogen-bond donors (Lipinski definition) is 1. The van der Waals surface area contributed by atoms with Crippen LogP contribution in [-0.2, 0) is 13.0 Å². The zero-order valence-corrected chi connectivity index (χ0v) is 9.26. The highest BCUT2D eigenvalue weighted by atomic mass is 16.4. The molecule has 2 aromatic rings. The molecule has 1 aromatic carbocycles. The summed E-state index contributed by atoms with van der Waals surface area (Å²) < 4.78 is 1.83. The van der Waals surface area contributed by atoms with E-state index >= 15 is 0 Å². The number of rotatable bonds is 2. The molecule has 0 fully saturated rings. The van der Waals surface area contributed by atoms with Crippen molar-refractivity contribution in [1.29, 1.82) is 0 Å². The molecule has 1 aliphatic heterocycles. The van der Waals surface area contributed by atoms with Crippen LogP contribution in [0.2, 0.25) is 0 Å². The lowest BCUT2D eigenvalue weighted by Gasteiger charge is -1.99. The Morgan fingerprint density at radius 3 is 2.76 bits per heavy atom. The Balaban J connectivity index is 2.21. The second-order valence-electron chi connectivity index (χ2n) is 4.17. The van der Waals surface area contributed by atoms with Gasteiger partial charge in [-0.05, 0) is 12.8 Å². The third-order valence-electron chi connectivity index (χ3n) is 3.10. The minimum Gasteiger partial charge on any atom is -0.478 e. The van der Waals surface area contributed by atoms with Crippen LogP contribution < -0.4 is 0 Å². The van der Waals surface area contributed by atoms with Crippen molar-refractivity contribution >= 4 is 5.97 Å². The lowest BCUT2D eigenvalue weighted by molar-refractivity contribution is 0.0696. The largest absolute Gasteiger partial charge is 0.478 e. The fourth-order valence-corrected chi connectivity index (χ4v) is 2.35. The molecule has 86 valence electrons. The van der Waals surface area contributed by atoms with Crippen molar-refractivity contribution in [3.05, 3.63) is 41.6 Å². The topological polar surface area (TPSA) is 55.1 Å². The Morgan fingerprint density at radius 2 is 2.06 bits per heavy atom. The number of benzene rings is 1. The number of fused-ring (bicyclic) bond motifs is 1. The van der Waals surface area contributed by atoms with Crippen LogP contribution in [-0.4, -0.2) is 20.9 Å². The molecule has 0 atom stereocenters. The molecule has 0 saturated heterocycles. The minimum absolute atomic E-state index is 0.369. The number of hydrogen-bond acceptors (Lipinski definition) is 2. The third kappa shape index (κ3) is 1.53. The van der Waals surface area contributed by atoms with Crippen molar-refractivity contribution in [1.82, 2.24) is 9.78 Å². The molecule has 17 heavy (non-hydrogen) atoms. The van der Waals surface area contributed by atoms with Gasteiger partial charge in [-0.15, -0.1) is 0 Å². The summed E-state index contributed by atoms with van der Waals surface area (Å²) in [6.07, 6.45) is 1.79. The van der Waals surface area contributed by atoms with Crippen LogP contribution in [0.5, 0.6) is 0 Å². The van der Waals surface area contributed by atoms with Gasteiger partial charge in [-0.3, -0.25) is 4.68 Å². The van der Waals surface area contributed by atoms with E-state index in [1.165, 1.54) is 0 Å². The summed E-state index contributed by atoms with van der Waals surface area (Å²) in [5, 5.41) is 13.7. The van der Waals surface area contributed by atoms with Crippen molar-refractivity contribution in [2.24, 2.45) is 0 Å². The molecule has 1 aliphatic rings. The highest BCUT2D eigenvalue weighted by molar-refractivity contribution is 5.96. The van der Waals surface area contributed by atoms with Gasteiger partial charge in [0.25, 0.3) is 0 Å². The highest BCUT2D eigenvalue weighted by Crippen LogP contribution is 2.29. The van der Waals surface area contributed by atoms with E-state index in [1.54, 1.807) is 0 Å². The van der Waals surface area contributed by atoms with E-state index < -0.39 is 5.97 Å². The van der Waals surface area contributed by atoms with E-state index in [4.69, 9.17) is 0 Å². The van der Waals surface area contributed by atoms with Crippen LogP contribution in [0.4, 0.5) is 0 Å². The molecule has 1 N–H and O–H groups in total. The first-order valence-corrected chi connectivity index (χ1v) is 5.66. The van der Waals surface area contributed by atoms with Gasteiger partial charge in [-0.1, -0.05) is 30.3 Å². The Kier molecular flexibility index (Phi) is 2.21. The van der Waals surface area contributed by atoms with E-state index in [9.17, 15) is 9.90 Å². The molecule has 0 aliphatic carbocycles. The number of carboxylic acids is 1. The summed E-state index contributed by atoms with van der Waals surface area (Å²) in [6, 6.07) is 9.49. The van der Waals surface area contributed by atoms with Gasteiger partial charge >= 0.3 is 5.97 Å². The minimum atomic E-state index is -0.882. The van der Waals surface area contributed by atoms with Gasteiger partial charge in [0.2, 0.25) is 0 Å². The monoisotopic (exact) mass is 228 g/mol. The van der Waals surface area contributed by atoms with Crippen molar-refractivity contribution < 1.29 is 9.90 Å². The quantitative estimate of drug-likeness (QED) is 0.857. The van der Waals surface area contributed by atoms with E-state index in [2.05, 4.69) is 5.10 Å². The molecular formula is C13H12N2O2. The molecule has 0 amide bonds. The lowest BCUT2D eigenvalue weighted by atomic mass is 10.0. The number of aromatic nitrogens is 2. The van der Waals surface area contributed by atoms with Crippen LogP contribution in [0.1, 0.15) is 22.5 Å². The van der Waals surface area contributed by atoms with Gasteiger partial charge in [0.15, 0.2) is 0 Å². The molecule has 0 spiro atoms. The van der Waals surface area contributed by atoms with Gasteiger partial charge in [-0.25, -0.2) is 4.79 Å². The normalized spacial score (nSPS) is 13.6. The smallest absolute Gasteiger partial charge is 0.339 e. The number of carbonyl (C=O) groups is 1.